The highest BCUT2D eigenvalue weighted by Gasteiger charge is 2.28. The van der Waals surface area contributed by atoms with Crippen LogP contribution in [-0.4, -0.2) is 101 Å². The van der Waals surface area contributed by atoms with E-state index in [0.717, 1.165) is 30.3 Å². The molecule has 39 heteroatoms. The minimum Gasteiger partial charge on any atom is -0.339 e. The SMILES string of the molecule is Cc1c(C#N)c(Nc2ccc(Cl)c(S(=O)(=O)O)c2)nc(Nc2ccc(Cl)c(S(=O)(=O)O)c2)c1N=Nc1sc(N=Nc2cc(S(=O)(=O)O)c3cc(S(=O)(=O)O)cc(S(=O)(=O)O)c3c2)c(-c2ccc(NC(=O)NCCS(=O)(=O)O)cc2)c1C#N. The molecular formula is C43H31Cl2N11O19S7. The van der Waals surface area contributed by atoms with Crippen molar-refractivity contribution >= 4 is 162 Å². The zero-order chi connectivity index (χ0) is 60.7. The van der Waals surface area contributed by atoms with E-state index >= 15 is 0 Å². The first kappa shape index (κ1) is 61.9. The number of urea groups is 1. The van der Waals surface area contributed by atoms with Crippen molar-refractivity contribution in [3.63, 3.8) is 0 Å². The van der Waals surface area contributed by atoms with Crippen LogP contribution in [0, 0.1) is 29.6 Å². The van der Waals surface area contributed by atoms with Crippen molar-refractivity contribution in [1.82, 2.24) is 10.3 Å². The van der Waals surface area contributed by atoms with Crippen molar-refractivity contribution < 1.29 is 82.6 Å². The molecule has 7 rings (SSSR count). The van der Waals surface area contributed by atoms with Crippen LogP contribution in [0.25, 0.3) is 21.9 Å². The molecule has 2 heterocycles. The van der Waals surface area contributed by atoms with Crippen LogP contribution in [-0.2, 0) is 60.7 Å². The number of nitrogens with zero attached hydrogens (tertiary/aromatic N) is 7. The number of aromatic nitrogens is 1. The Labute approximate surface area is 477 Å². The van der Waals surface area contributed by atoms with E-state index in [1.807, 2.05) is 12.1 Å². The van der Waals surface area contributed by atoms with Crippen molar-refractivity contribution in [3.8, 4) is 23.3 Å². The molecule has 7 aromatic rings. The molecule has 0 saturated carbocycles. The lowest BCUT2D eigenvalue weighted by Gasteiger charge is -2.16. The molecule has 0 spiro atoms. The van der Waals surface area contributed by atoms with Crippen LogP contribution in [0.1, 0.15) is 16.7 Å². The van der Waals surface area contributed by atoms with Gasteiger partial charge in [0.05, 0.1) is 31.9 Å². The number of rotatable bonds is 18. The van der Waals surface area contributed by atoms with Crippen molar-refractivity contribution in [2.75, 3.05) is 28.2 Å². The summed E-state index contributed by atoms with van der Waals surface area (Å²) in [5.74, 6) is -1.51. The standard InChI is InChI=1S/C43H31Cl2N11O19S7/c1-20-29(18-46)39(49-23-6-8-31(44)35(13-23)81(70,71)72)52-40(50-24-7-9-32(45)36(14-24)82(73,74)75)38(20)54-55-41-30(19-47)37(21-2-4-22(5-3-21)51-43(57)48-10-11-77(58,59)60)42(76-41)56-53-25-12-27-28(33(15-25)79(64,65)66)16-26(78(61,62)63)17-34(27)80(67,68)69/h2-9,12-17H,10-11H2,1H3,(H2,48,51,57)(H2,49,50,52)(H,58,59,60)(H,61,62,63)(H,64,65,66)(H,67,68,69)(H,70,71,72)(H,73,74,75). The van der Waals surface area contributed by atoms with Gasteiger partial charge in [-0.05, 0) is 85.3 Å². The Kier molecular flexibility index (Phi) is 17.6. The number of amides is 2. The molecule has 0 unspecified atom stereocenters. The Hall–Kier alpha value is -7.70. The molecule has 82 heavy (non-hydrogen) atoms. The smallest absolute Gasteiger partial charge is 0.319 e. The van der Waals surface area contributed by atoms with Gasteiger partial charge < -0.3 is 21.3 Å². The van der Waals surface area contributed by atoms with E-state index in [0.29, 0.717) is 23.5 Å². The molecule has 2 aromatic heterocycles. The molecule has 30 nitrogen and oxygen atoms in total. The summed E-state index contributed by atoms with van der Waals surface area (Å²) in [5.41, 5.74) is -1.90. The third-order valence-corrected chi connectivity index (χ3v) is 17.8. The number of azo groups is 2. The molecule has 0 aliphatic carbocycles. The first-order valence-electron chi connectivity index (χ1n) is 21.5. The van der Waals surface area contributed by atoms with Crippen molar-refractivity contribution in [1.29, 1.82) is 10.5 Å². The van der Waals surface area contributed by atoms with Gasteiger partial charge in [-0.1, -0.05) is 46.7 Å². The number of thiophene rings is 1. The molecule has 2 amide bonds. The van der Waals surface area contributed by atoms with Crippen LogP contribution in [0.3, 0.4) is 0 Å². The molecule has 428 valence electrons. The summed E-state index contributed by atoms with van der Waals surface area (Å²) in [5, 5.41) is 45.1. The average Bonchev–Trinajstić information content (AvgIpc) is 3.59. The maximum Gasteiger partial charge on any atom is 0.319 e. The highest BCUT2D eigenvalue weighted by molar-refractivity contribution is 7.87. The second kappa shape index (κ2) is 23.3. The number of carbonyl (C=O) groups excluding carboxylic acids is 1. The van der Waals surface area contributed by atoms with Crippen LogP contribution >= 0.6 is 34.5 Å². The molecule has 0 aliphatic rings. The predicted molar refractivity (Wildman–Crippen MR) is 292 cm³/mol. The van der Waals surface area contributed by atoms with Crippen LogP contribution < -0.4 is 21.3 Å². The molecule has 0 bridgehead atoms. The van der Waals surface area contributed by atoms with Gasteiger partial charge in [0.1, 0.15) is 48.0 Å². The number of halogens is 2. The number of benzene rings is 5. The third kappa shape index (κ3) is 14.5. The number of pyridine rings is 1. The van der Waals surface area contributed by atoms with E-state index in [4.69, 9.17) is 27.8 Å². The summed E-state index contributed by atoms with van der Waals surface area (Å²) in [7, 11) is -30.5. The molecule has 0 aliphatic heterocycles. The molecule has 0 saturated heterocycles. The van der Waals surface area contributed by atoms with Gasteiger partial charge >= 0.3 is 6.03 Å². The highest BCUT2D eigenvalue weighted by Crippen LogP contribution is 2.49. The van der Waals surface area contributed by atoms with E-state index in [1.54, 1.807) is 0 Å². The molecule has 10 N–H and O–H groups in total. The van der Waals surface area contributed by atoms with Crippen LogP contribution in [0.15, 0.2) is 130 Å². The van der Waals surface area contributed by atoms with Gasteiger partial charge in [-0.3, -0.25) is 27.3 Å². The lowest BCUT2D eigenvalue weighted by Crippen LogP contribution is -2.32. The fraction of sp³-hybridized carbons (Fsp3) is 0.0698. The summed E-state index contributed by atoms with van der Waals surface area (Å²) in [6.07, 6.45) is 0. The zero-order valence-electron chi connectivity index (χ0n) is 40.2. The van der Waals surface area contributed by atoms with Gasteiger partial charge in [-0.2, -0.15) is 61.0 Å². The normalized spacial score (nSPS) is 12.6. The Balaban J connectivity index is 1.44. The number of nitriles is 2. The zero-order valence-corrected chi connectivity index (χ0v) is 47.5. The van der Waals surface area contributed by atoms with E-state index in [9.17, 15) is 88.6 Å². The number of hydrogen-bond acceptors (Lipinski definition) is 23. The highest BCUT2D eigenvalue weighted by atomic mass is 35.5. The Morgan fingerprint density at radius 2 is 1.09 bits per heavy atom. The van der Waals surface area contributed by atoms with Crippen LogP contribution in [0.2, 0.25) is 10.0 Å². The fourth-order valence-electron chi connectivity index (χ4n) is 7.26. The third-order valence-electron chi connectivity index (χ3n) is 10.8. The first-order valence-corrected chi connectivity index (χ1v) is 31.9. The number of nitrogens with one attached hydrogen (secondary N) is 4. The molecule has 0 atom stereocenters. The average molecular weight is 1300 g/mol. The van der Waals surface area contributed by atoms with Gasteiger partial charge in [0.15, 0.2) is 16.6 Å². The van der Waals surface area contributed by atoms with Gasteiger partial charge in [-0.25, -0.2) is 9.78 Å². The molecular weight excluding hydrogens is 1270 g/mol. The van der Waals surface area contributed by atoms with Crippen molar-refractivity contribution in [2.45, 2.75) is 31.4 Å². The summed E-state index contributed by atoms with van der Waals surface area (Å²) >= 11 is 12.6. The minimum atomic E-state index is -5.47. The summed E-state index contributed by atoms with van der Waals surface area (Å²) in [6, 6.07) is 16.8. The summed E-state index contributed by atoms with van der Waals surface area (Å²) in [4.78, 5) is 11.7. The number of hydrogen-bond donors (Lipinski definition) is 10. The van der Waals surface area contributed by atoms with E-state index in [2.05, 4.69) is 46.7 Å². The van der Waals surface area contributed by atoms with Crippen molar-refractivity contribution in [3.05, 3.63) is 112 Å². The monoisotopic (exact) mass is 1300 g/mol. The summed E-state index contributed by atoms with van der Waals surface area (Å²) in [6.45, 7) is 0.838. The second-order valence-electron chi connectivity index (χ2n) is 16.4. The lowest BCUT2D eigenvalue weighted by atomic mass is 10.0. The van der Waals surface area contributed by atoms with E-state index in [-0.39, 0.29) is 83.3 Å². The van der Waals surface area contributed by atoms with Gasteiger partial charge in [0, 0.05) is 45.5 Å². The maximum absolute atomic E-state index is 12.7. The summed E-state index contributed by atoms with van der Waals surface area (Å²) < 4.78 is 204. The largest absolute Gasteiger partial charge is 0.339 e. The number of carbonyl (C=O) groups is 1. The minimum absolute atomic E-state index is 0.0687. The van der Waals surface area contributed by atoms with Gasteiger partial charge in [0.25, 0.3) is 60.7 Å². The number of anilines is 5. The quantitative estimate of drug-likeness (QED) is 0.0283. The molecule has 0 radical (unpaired) electrons. The predicted octanol–water partition coefficient (Wildman–Crippen LogP) is 8.88. The van der Waals surface area contributed by atoms with Gasteiger partial charge in [-0.15, -0.1) is 20.5 Å². The molecule has 0 fully saturated rings. The topological polar surface area (TPSA) is 501 Å². The maximum atomic E-state index is 12.7. The Morgan fingerprint density at radius 3 is 1.60 bits per heavy atom. The van der Waals surface area contributed by atoms with Gasteiger partial charge in [0.2, 0.25) is 0 Å². The number of fused-ring (bicyclic) bond motifs is 1. The van der Waals surface area contributed by atoms with Crippen LogP contribution in [0.4, 0.5) is 54.9 Å². The second-order valence-corrected chi connectivity index (χ2v) is 26.7. The first-order chi connectivity index (χ1) is 38.0. The Morgan fingerprint density at radius 1 is 0.585 bits per heavy atom. The fourth-order valence-corrected chi connectivity index (χ4v) is 12.6. The van der Waals surface area contributed by atoms with Crippen LogP contribution in [0.5, 0.6) is 0 Å². The Bertz CT molecular complexity index is 4730. The van der Waals surface area contributed by atoms with E-state index in [1.165, 1.54) is 43.3 Å². The molecule has 5 aromatic carbocycles. The lowest BCUT2D eigenvalue weighted by molar-refractivity contribution is 0.252. The van der Waals surface area contributed by atoms with E-state index < -0.39 is 125 Å². The van der Waals surface area contributed by atoms with Crippen molar-refractivity contribution in [2.24, 2.45) is 20.5 Å².